The van der Waals surface area contributed by atoms with Crippen molar-refractivity contribution in [3.05, 3.63) is 115 Å². The molecule has 14 rings (SSSR count). The standard InChI is InChI=1S/C42H19B2NO5/c1-3-11-26-20(7-1)22-15-17-28-36(41(22)49-26)43-24-9-5-13-30-38(24)45-39-25(10-6-14-31(39)48-30)44-35-33(19-32(46-28)34(43)40(35)45)47-29-18-16-23-21-8-2-4-12-27(21)50-42(23)37(29)44/h1-19H. The Morgan fingerprint density at radius 2 is 0.880 bits per heavy atom. The number of hydrogen-bond donors (Lipinski definition) is 0. The van der Waals surface area contributed by atoms with Gasteiger partial charge in [-0.05, 0) is 70.4 Å². The monoisotopic (exact) mass is 639 g/mol. The van der Waals surface area contributed by atoms with Gasteiger partial charge in [-0.25, -0.2) is 0 Å². The Morgan fingerprint density at radius 3 is 1.42 bits per heavy atom. The zero-order chi connectivity index (χ0) is 32.0. The van der Waals surface area contributed by atoms with Gasteiger partial charge in [0.1, 0.15) is 45.3 Å². The van der Waals surface area contributed by atoms with E-state index in [9.17, 15) is 0 Å². The largest absolute Gasteiger partial charge is 0.458 e. The highest BCUT2D eigenvalue weighted by atomic mass is 16.5. The first-order valence-electron chi connectivity index (χ1n) is 17.0. The number of rotatable bonds is 0. The summed E-state index contributed by atoms with van der Waals surface area (Å²) in [4.78, 5) is 2.42. The summed E-state index contributed by atoms with van der Waals surface area (Å²) in [6.45, 7) is -0.326. The SMILES string of the molecule is c1cc2c3c(c1)B1c4c(cc5c6c4N3c3c(cccc3B6c3c(ccc4c3oc3ccccc34)O5)O2)Oc2ccc3c(oc4ccccc43)c21. The first-order valence-corrected chi connectivity index (χ1v) is 17.0. The molecule has 5 aliphatic rings. The van der Waals surface area contributed by atoms with E-state index in [1.54, 1.807) is 0 Å². The van der Waals surface area contributed by atoms with Crippen molar-refractivity contribution < 1.29 is 23.0 Å². The van der Waals surface area contributed by atoms with Gasteiger partial charge in [0.05, 0.1) is 11.4 Å². The Hall–Kier alpha value is -6.53. The fourth-order valence-electron chi connectivity index (χ4n) is 9.72. The number of nitrogens with zero attached hydrogens (tertiary/aromatic N) is 1. The third kappa shape index (κ3) is 2.61. The average molecular weight is 639 g/mol. The van der Waals surface area contributed by atoms with E-state index in [0.29, 0.717) is 0 Å². The van der Waals surface area contributed by atoms with E-state index in [2.05, 4.69) is 95.9 Å². The molecule has 2 aromatic heterocycles. The number of hydrogen-bond acceptors (Lipinski definition) is 6. The minimum atomic E-state index is -0.163. The zero-order valence-corrected chi connectivity index (χ0v) is 26.1. The highest BCUT2D eigenvalue weighted by Crippen LogP contribution is 2.54. The van der Waals surface area contributed by atoms with Crippen LogP contribution in [0, 0.1) is 0 Å². The summed E-state index contributed by atoms with van der Waals surface area (Å²) in [5.74, 6) is 4.83. The van der Waals surface area contributed by atoms with Crippen LogP contribution in [0.15, 0.2) is 124 Å². The molecule has 0 unspecified atom stereocenters. The Morgan fingerprint density at radius 1 is 0.380 bits per heavy atom. The lowest BCUT2D eigenvalue weighted by Gasteiger charge is -2.49. The second-order valence-corrected chi connectivity index (χ2v) is 13.8. The van der Waals surface area contributed by atoms with Crippen LogP contribution in [-0.4, -0.2) is 13.4 Å². The van der Waals surface area contributed by atoms with Crippen molar-refractivity contribution in [2.45, 2.75) is 0 Å². The third-order valence-electron chi connectivity index (χ3n) is 11.6. The fraction of sp³-hybridized carbons (Fsp3) is 0. The summed E-state index contributed by atoms with van der Waals surface area (Å²) in [6.07, 6.45) is 0. The van der Waals surface area contributed by atoms with Gasteiger partial charge >= 0.3 is 0 Å². The molecule has 6 nitrogen and oxygen atoms in total. The molecule has 0 N–H and O–H groups in total. The molecule has 0 saturated carbocycles. The van der Waals surface area contributed by atoms with E-state index in [-0.39, 0.29) is 13.4 Å². The molecule has 0 bridgehead atoms. The topological polar surface area (TPSA) is 57.2 Å². The average Bonchev–Trinajstić information content (AvgIpc) is 3.73. The molecule has 5 aliphatic heterocycles. The molecule has 50 heavy (non-hydrogen) atoms. The number of para-hydroxylation sites is 4. The minimum Gasteiger partial charge on any atom is -0.458 e. The highest BCUT2D eigenvalue weighted by Gasteiger charge is 2.54. The summed E-state index contributed by atoms with van der Waals surface area (Å²) in [5.41, 5.74) is 13.2. The van der Waals surface area contributed by atoms with Crippen molar-refractivity contribution in [1.82, 2.24) is 0 Å². The number of fused-ring (bicyclic) bond motifs is 14. The van der Waals surface area contributed by atoms with Crippen molar-refractivity contribution in [3.8, 4) is 34.5 Å². The van der Waals surface area contributed by atoms with Crippen molar-refractivity contribution in [2.75, 3.05) is 4.90 Å². The smallest absolute Gasteiger partial charge is 0.261 e. The number of ether oxygens (including phenoxy) is 3. The Labute approximate surface area is 284 Å². The van der Waals surface area contributed by atoms with Gasteiger partial charge < -0.3 is 27.9 Å². The Balaban J connectivity index is 1.15. The van der Waals surface area contributed by atoms with Crippen molar-refractivity contribution in [1.29, 1.82) is 0 Å². The van der Waals surface area contributed by atoms with E-state index in [1.165, 1.54) is 0 Å². The van der Waals surface area contributed by atoms with Crippen molar-refractivity contribution >= 4 is 107 Å². The van der Waals surface area contributed by atoms with Crippen LogP contribution in [-0.2, 0) is 0 Å². The molecular formula is C42H19B2NO5. The predicted molar refractivity (Wildman–Crippen MR) is 198 cm³/mol. The van der Waals surface area contributed by atoms with Gasteiger partial charge in [-0.2, -0.15) is 0 Å². The lowest BCUT2D eigenvalue weighted by molar-refractivity contribution is 0.464. The van der Waals surface area contributed by atoms with E-state index >= 15 is 0 Å². The van der Waals surface area contributed by atoms with Gasteiger partial charge in [0, 0.05) is 44.2 Å². The maximum atomic E-state index is 6.93. The molecule has 0 fully saturated rings. The summed E-state index contributed by atoms with van der Waals surface area (Å²) >= 11 is 0. The maximum Gasteiger partial charge on any atom is 0.261 e. The molecule has 7 aromatic carbocycles. The number of anilines is 3. The highest BCUT2D eigenvalue weighted by molar-refractivity contribution is 7.05. The van der Waals surface area contributed by atoms with Crippen LogP contribution in [0.2, 0.25) is 0 Å². The van der Waals surface area contributed by atoms with Gasteiger partial charge in [0.15, 0.2) is 11.5 Å². The molecular weight excluding hydrogens is 620 g/mol. The lowest BCUT2D eigenvalue weighted by atomic mass is 9.29. The fourth-order valence-corrected chi connectivity index (χ4v) is 9.72. The van der Waals surface area contributed by atoms with Crippen LogP contribution in [0.5, 0.6) is 34.5 Å². The molecule has 0 saturated heterocycles. The normalized spacial score (nSPS) is 14.8. The molecule has 7 heterocycles. The predicted octanol–water partition coefficient (Wildman–Crippen LogP) is 6.93. The summed E-state index contributed by atoms with van der Waals surface area (Å²) in [6, 6.07) is 39.9. The minimum absolute atomic E-state index is 0.163. The lowest BCUT2D eigenvalue weighted by Crippen LogP contribution is -2.67. The van der Waals surface area contributed by atoms with Crippen LogP contribution in [0.4, 0.5) is 17.1 Å². The van der Waals surface area contributed by atoms with Crippen LogP contribution < -0.4 is 51.9 Å². The van der Waals surface area contributed by atoms with Crippen molar-refractivity contribution in [3.63, 3.8) is 0 Å². The van der Waals surface area contributed by atoms with Crippen LogP contribution >= 0.6 is 0 Å². The summed E-state index contributed by atoms with van der Waals surface area (Å²) in [7, 11) is 0. The molecule has 228 valence electrons. The van der Waals surface area contributed by atoms with E-state index in [4.69, 9.17) is 23.0 Å². The molecule has 0 atom stereocenters. The summed E-state index contributed by atoms with van der Waals surface area (Å²) in [5, 5.41) is 4.35. The Bertz CT molecular complexity index is 2920. The van der Waals surface area contributed by atoms with Crippen molar-refractivity contribution in [2.24, 2.45) is 0 Å². The van der Waals surface area contributed by atoms with Gasteiger partial charge in [-0.3, -0.25) is 0 Å². The van der Waals surface area contributed by atoms with Crippen LogP contribution in [0.3, 0.4) is 0 Å². The van der Waals surface area contributed by atoms with Crippen LogP contribution in [0.25, 0.3) is 43.9 Å². The molecule has 8 heteroatoms. The van der Waals surface area contributed by atoms with Gasteiger partial charge in [-0.1, -0.05) is 60.7 Å². The quantitative estimate of drug-likeness (QED) is 0.168. The zero-order valence-electron chi connectivity index (χ0n) is 26.1. The number of benzene rings is 7. The van der Waals surface area contributed by atoms with Crippen LogP contribution in [0.1, 0.15) is 0 Å². The van der Waals surface area contributed by atoms with E-state index in [1.807, 2.05) is 24.3 Å². The number of furan rings is 2. The molecule has 0 aliphatic carbocycles. The second-order valence-electron chi connectivity index (χ2n) is 13.8. The summed E-state index contributed by atoms with van der Waals surface area (Å²) < 4.78 is 34.1. The first kappa shape index (κ1) is 24.6. The first-order chi connectivity index (χ1) is 24.8. The molecule has 0 amide bonds. The molecule has 9 aromatic rings. The molecule has 0 radical (unpaired) electrons. The van der Waals surface area contributed by atoms with Gasteiger partial charge in [-0.15, -0.1) is 0 Å². The van der Waals surface area contributed by atoms with Gasteiger partial charge in [0.2, 0.25) is 0 Å². The maximum absolute atomic E-state index is 6.93. The third-order valence-corrected chi connectivity index (χ3v) is 11.6. The van der Waals surface area contributed by atoms with E-state index in [0.717, 1.165) is 128 Å². The molecule has 0 spiro atoms. The Kier molecular flexibility index (Phi) is 3.94. The van der Waals surface area contributed by atoms with E-state index < -0.39 is 0 Å². The van der Waals surface area contributed by atoms with Gasteiger partial charge in [0.25, 0.3) is 13.4 Å². The second kappa shape index (κ2) is 8.01.